The van der Waals surface area contributed by atoms with E-state index in [0.29, 0.717) is 28.1 Å². The Labute approximate surface area is 209 Å². The highest BCUT2D eigenvalue weighted by molar-refractivity contribution is 6.06. The summed E-state index contributed by atoms with van der Waals surface area (Å²) in [6, 6.07) is 23.5. The van der Waals surface area contributed by atoms with Gasteiger partial charge in [-0.15, -0.1) is 0 Å². The van der Waals surface area contributed by atoms with E-state index in [1.54, 1.807) is 55.5 Å². The molecule has 0 fully saturated rings. The number of hydrogen-bond donors (Lipinski definition) is 1. The van der Waals surface area contributed by atoms with Crippen molar-refractivity contribution in [2.45, 2.75) is 26.9 Å². The van der Waals surface area contributed by atoms with Crippen molar-refractivity contribution >= 4 is 28.5 Å². The van der Waals surface area contributed by atoms with Crippen LogP contribution in [-0.4, -0.2) is 23.5 Å². The average molecular weight is 480 g/mol. The molecule has 180 valence electrons. The number of carbonyl (C=O) groups excluding carboxylic acids is 2. The molecule has 3 aromatic carbocycles. The first-order chi connectivity index (χ1) is 17.5. The van der Waals surface area contributed by atoms with Crippen LogP contribution in [0.15, 0.2) is 72.8 Å². The van der Waals surface area contributed by atoms with Crippen LogP contribution in [0.3, 0.4) is 0 Å². The SMILES string of the molecule is CCOC(=O)Cc1ccccc1C(=O)Nc1ccc2c(C)cc(COc3ccc(C#N)cc3)nc2c1. The van der Waals surface area contributed by atoms with Crippen molar-refractivity contribution in [1.82, 2.24) is 4.98 Å². The van der Waals surface area contributed by atoms with Gasteiger partial charge >= 0.3 is 5.97 Å². The first kappa shape index (κ1) is 24.4. The minimum atomic E-state index is -0.376. The number of nitrogens with one attached hydrogen (secondary N) is 1. The molecule has 36 heavy (non-hydrogen) atoms. The van der Waals surface area contributed by atoms with Gasteiger partial charge in [-0.25, -0.2) is 4.98 Å². The molecule has 0 radical (unpaired) electrons. The Balaban J connectivity index is 1.52. The molecule has 7 heteroatoms. The van der Waals surface area contributed by atoms with E-state index in [2.05, 4.69) is 11.4 Å². The maximum absolute atomic E-state index is 13.0. The van der Waals surface area contributed by atoms with Crippen molar-refractivity contribution in [3.8, 4) is 11.8 Å². The monoisotopic (exact) mass is 479 g/mol. The minimum Gasteiger partial charge on any atom is -0.487 e. The van der Waals surface area contributed by atoms with E-state index < -0.39 is 0 Å². The molecule has 7 nitrogen and oxygen atoms in total. The van der Waals surface area contributed by atoms with Gasteiger partial charge in [0.05, 0.1) is 35.9 Å². The number of aryl methyl sites for hydroxylation is 1. The van der Waals surface area contributed by atoms with Gasteiger partial charge in [0, 0.05) is 16.6 Å². The maximum Gasteiger partial charge on any atom is 0.310 e. The molecular formula is C29H25N3O4. The molecule has 4 aromatic rings. The number of aromatic nitrogens is 1. The van der Waals surface area contributed by atoms with Crippen LogP contribution in [0.25, 0.3) is 10.9 Å². The fourth-order valence-electron chi connectivity index (χ4n) is 3.87. The van der Waals surface area contributed by atoms with Crippen LogP contribution >= 0.6 is 0 Å². The third-order valence-corrected chi connectivity index (χ3v) is 5.60. The van der Waals surface area contributed by atoms with Gasteiger partial charge in [0.25, 0.3) is 5.91 Å². The molecule has 1 N–H and O–H groups in total. The lowest BCUT2D eigenvalue weighted by Crippen LogP contribution is -2.17. The summed E-state index contributed by atoms with van der Waals surface area (Å²) >= 11 is 0. The van der Waals surface area contributed by atoms with Crippen LogP contribution in [0.4, 0.5) is 5.69 Å². The first-order valence-electron chi connectivity index (χ1n) is 11.5. The van der Waals surface area contributed by atoms with Gasteiger partial charge < -0.3 is 14.8 Å². The zero-order valence-corrected chi connectivity index (χ0v) is 20.1. The number of fused-ring (bicyclic) bond motifs is 1. The van der Waals surface area contributed by atoms with Crippen LogP contribution in [0.5, 0.6) is 5.75 Å². The second-order valence-corrected chi connectivity index (χ2v) is 8.18. The van der Waals surface area contributed by atoms with E-state index >= 15 is 0 Å². The smallest absolute Gasteiger partial charge is 0.310 e. The highest BCUT2D eigenvalue weighted by atomic mass is 16.5. The molecule has 0 unspecified atom stereocenters. The molecule has 0 bridgehead atoms. The summed E-state index contributed by atoms with van der Waals surface area (Å²) in [5.41, 5.74) is 4.69. The van der Waals surface area contributed by atoms with Crippen molar-refractivity contribution in [3.05, 3.63) is 101 Å². The number of nitrogens with zero attached hydrogens (tertiary/aromatic N) is 2. The number of nitriles is 1. The summed E-state index contributed by atoms with van der Waals surface area (Å²) in [4.78, 5) is 29.7. The number of rotatable bonds is 8. The number of amides is 1. The zero-order valence-electron chi connectivity index (χ0n) is 20.1. The number of esters is 1. The Morgan fingerprint density at radius 1 is 1.03 bits per heavy atom. The normalized spacial score (nSPS) is 10.5. The van der Waals surface area contributed by atoms with Crippen molar-refractivity contribution in [2.24, 2.45) is 0 Å². The van der Waals surface area contributed by atoms with E-state index in [1.807, 2.05) is 31.2 Å². The van der Waals surface area contributed by atoms with E-state index in [9.17, 15) is 9.59 Å². The van der Waals surface area contributed by atoms with Crippen molar-refractivity contribution in [2.75, 3.05) is 11.9 Å². The van der Waals surface area contributed by atoms with Crippen LogP contribution < -0.4 is 10.1 Å². The molecule has 0 aliphatic heterocycles. The highest BCUT2D eigenvalue weighted by Crippen LogP contribution is 2.24. The van der Waals surface area contributed by atoms with E-state index in [1.165, 1.54) is 0 Å². The largest absolute Gasteiger partial charge is 0.487 e. The third kappa shape index (κ3) is 5.86. The molecule has 0 aliphatic carbocycles. The summed E-state index contributed by atoms with van der Waals surface area (Å²) < 4.78 is 10.9. The molecule has 0 atom stereocenters. The fraction of sp³-hybridized carbons (Fsp3) is 0.172. The molecular weight excluding hydrogens is 454 g/mol. The molecule has 1 aromatic heterocycles. The maximum atomic E-state index is 13.0. The topological polar surface area (TPSA) is 101 Å². The number of hydrogen-bond acceptors (Lipinski definition) is 6. The van der Waals surface area contributed by atoms with Gasteiger partial charge in [-0.1, -0.05) is 24.3 Å². The fourth-order valence-corrected chi connectivity index (χ4v) is 3.87. The Bertz CT molecular complexity index is 1460. The Kier molecular flexibility index (Phi) is 7.57. The second kappa shape index (κ2) is 11.2. The van der Waals surface area contributed by atoms with Gasteiger partial charge in [-0.05, 0) is 73.5 Å². The van der Waals surface area contributed by atoms with Gasteiger partial charge in [-0.3, -0.25) is 9.59 Å². The lowest BCUT2D eigenvalue weighted by molar-refractivity contribution is -0.142. The summed E-state index contributed by atoms with van der Waals surface area (Å²) in [5.74, 6) is -0.0405. The highest BCUT2D eigenvalue weighted by Gasteiger charge is 2.15. The van der Waals surface area contributed by atoms with Crippen LogP contribution in [0, 0.1) is 18.3 Å². The van der Waals surface area contributed by atoms with Gasteiger partial charge in [0.15, 0.2) is 0 Å². The summed E-state index contributed by atoms with van der Waals surface area (Å²) in [6.45, 7) is 4.30. The molecule has 0 aliphatic rings. The third-order valence-electron chi connectivity index (χ3n) is 5.60. The van der Waals surface area contributed by atoms with Crippen LogP contribution in [-0.2, 0) is 22.6 Å². The Hall–Kier alpha value is -4.70. The number of pyridine rings is 1. The second-order valence-electron chi connectivity index (χ2n) is 8.18. The molecule has 4 rings (SSSR count). The summed E-state index contributed by atoms with van der Waals surface area (Å²) in [5, 5.41) is 12.8. The van der Waals surface area contributed by atoms with Crippen LogP contribution in [0.1, 0.15) is 39.7 Å². The molecule has 0 saturated heterocycles. The number of carbonyl (C=O) groups is 2. The van der Waals surface area contributed by atoms with Gasteiger partial charge in [0.1, 0.15) is 12.4 Å². The van der Waals surface area contributed by atoms with Gasteiger partial charge in [0.2, 0.25) is 0 Å². The van der Waals surface area contributed by atoms with Crippen molar-refractivity contribution in [1.29, 1.82) is 5.26 Å². The lowest BCUT2D eigenvalue weighted by Gasteiger charge is -2.12. The van der Waals surface area contributed by atoms with E-state index in [-0.39, 0.29) is 31.5 Å². The van der Waals surface area contributed by atoms with Gasteiger partial charge in [-0.2, -0.15) is 5.26 Å². The van der Waals surface area contributed by atoms with Crippen molar-refractivity contribution in [3.63, 3.8) is 0 Å². The zero-order chi connectivity index (χ0) is 25.5. The molecule has 0 spiro atoms. The lowest BCUT2D eigenvalue weighted by atomic mass is 10.0. The van der Waals surface area contributed by atoms with Crippen LogP contribution in [0.2, 0.25) is 0 Å². The molecule has 1 heterocycles. The predicted molar refractivity (Wildman–Crippen MR) is 137 cm³/mol. The quantitative estimate of drug-likeness (QED) is 0.342. The Morgan fingerprint density at radius 3 is 2.56 bits per heavy atom. The molecule has 1 amide bonds. The number of benzene rings is 3. The predicted octanol–water partition coefficient (Wildman–Crippen LogP) is 5.35. The van der Waals surface area contributed by atoms with E-state index in [4.69, 9.17) is 19.7 Å². The standard InChI is InChI=1S/C29H25N3O4/c1-3-35-28(33)15-21-6-4-5-7-26(21)29(34)32-22-10-13-25-19(2)14-23(31-27(25)16-22)18-36-24-11-8-20(17-30)9-12-24/h4-14,16H,3,15,18H2,1-2H3,(H,32,34). The molecule has 0 saturated carbocycles. The minimum absolute atomic E-state index is 0.0263. The summed E-state index contributed by atoms with van der Waals surface area (Å²) in [7, 11) is 0. The number of ether oxygens (including phenoxy) is 2. The summed E-state index contributed by atoms with van der Waals surface area (Å²) in [6.07, 6.45) is 0.0263. The average Bonchev–Trinajstić information content (AvgIpc) is 2.88. The number of anilines is 1. The Morgan fingerprint density at radius 2 is 1.81 bits per heavy atom. The van der Waals surface area contributed by atoms with Crippen molar-refractivity contribution < 1.29 is 19.1 Å². The van der Waals surface area contributed by atoms with E-state index in [0.717, 1.165) is 22.2 Å². The first-order valence-corrected chi connectivity index (χ1v) is 11.5.